The van der Waals surface area contributed by atoms with Gasteiger partial charge in [-0.15, -0.1) is 0 Å². The minimum absolute atomic E-state index is 0.312. The highest BCUT2D eigenvalue weighted by Crippen LogP contribution is 2.12. The summed E-state index contributed by atoms with van der Waals surface area (Å²) in [6.45, 7) is 1.05. The highest BCUT2D eigenvalue weighted by Gasteiger charge is 1.96. The molecule has 0 aromatic heterocycles. The van der Waals surface area contributed by atoms with Crippen LogP contribution in [0.2, 0.25) is 0 Å². The van der Waals surface area contributed by atoms with E-state index in [1.165, 1.54) is 37.7 Å². The maximum atomic E-state index is 11.2. The number of benzene rings is 1. The van der Waals surface area contributed by atoms with Crippen LogP contribution < -0.4 is 10.1 Å². The molecule has 0 radical (unpaired) electrons. The average molecular weight is 374 g/mol. The molecule has 0 aliphatic carbocycles. The Bertz CT molecular complexity index is 549. The predicted octanol–water partition coefficient (Wildman–Crippen LogP) is 4.93. The van der Waals surface area contributed by atoms with Crippen LogP contribution in [0.5, 0.6) is 5.75 Å². The van der Waals surface area contributed by atoms with Gasteiger partial charge in [0.2, 0.25) is 0 Å². The minimum Gasteiger partial charge on any atom is -0.497 e. The molecule has 0 amide bonds. The Morgan fingerprint density at radius 3 is 2.22 bits per heavy atom. The molecule has 0 bridgehead atoms. The van der Waals surface area contributed by atoms with Gasteiger partial charge in [0.25, 0.3) is 0 Å². The number of aliphatic hydroxyl groups excluding tert-OH is 1. The van der Waals surface area contributed by atoms with Crippen LogP contribution in [0.1, 0.15) is 63.4 Å². The second-order valence-electron chi connectivity index (χ2n) is 6.75. The molecule has 0 saturated carbocycles. The van der Waals surface area contributed by atoms with Crippen molar-refractivity contribution >= 4 is 6.29 Å². The number of aliphatic hydroxyl groups is 1. The topological polar surface area (TPSA) is 58.6 Å². The standard InChI is InChI=1S/C23H35NO3/c1-27-23-15-13-21(14-16-23)19-24-17-10-12-22(20-26)11-8-6-4-2-3-5-7-9-18-25/h10,12-17,20,24-25H,2-9,11,18-19H2,1H3/b17-10+,22-12+. The number of hydrogen-bond donors (Lipinski definition) is 2. The second kappa shape index (κ2) is 16.1. The quantitative estimate of drug-likeness (QED) is 0.187. The lowest BCUT2D eigenvalue weighted by molar-refractivity contribution is -0.105. The molecule has 0 aliphatic heterocycles. The van der Waals surface area contributed by atoms with Crippen molar-refractivity contribution in [3.05, 3.63) is 53.8 Å². The van der Waals surface area contributed by atoms with Gasteiger partial charge in [-0.2, -0.15) is 0 Å². The molecule has 0 aliphatic rings. The SMILES string of the molecule is COc1ccc(CN/C=C/C=C(/C=O)CCCCCCCCCCO)cc1. The summed E-state index contributed by atoms with van der Waals surface area (Å²) in [5.74, 6) is 0.856. The number of methoxy groups -OCH3 is 1. The molecule has 0 spiro atoms. The Hall–Kier alpha value is -2.07. The van der Waals surface area contributed by atoms with Crippen LogP contribution in [0.4, 0.5) is 0 Å². The fourth-order valence-corrected chi connectivity index (χ4v) is 2.84. The number of carbonyl (C=O) groups excluding carboxylic acids is 1. The molecule has 150 valence electrons. The Morgan fingerprint density at radius 2 is 1.63 bits per heavy atom. The zero-order chi connectivity index (χ0) is 19.6. The number of nitrogens with one attached hydrogen (secondary N) is 1. The monoisotopic (exact) mass is 373 g/mol. The molecule has 4 nitrogen and oxygen atoms in total. The lowest BCUT2D eigenvalue weighted by Crippen LogP contribution is -2.03. The highest BCUT2D eigenvalue weighted by molar-refractivity contribution is 5.73. The van der Waals surface area contributed by atoms with Gasteiger partial charge in [0.1, 0.15) is 12.0 Å². The van der Waals surface area contributed by atoms with Gasteiger partial charge in [-0.3, -0.25) is 4.79 Å². The normalized spacial score (nSPS) is 11.7. The first-order valence-electron chi connectivity index (χ1n) is 10.1. The third-order valence-electron chi connectivity index (χ3n) is 4.51. The maximum Gasteiger partial charge on any atom is 0.146 e. The predicted molar refractivity (Wildman–Crippen MR) is 112 cm³/mol. The van der Waals surface area contributed by atoms with E-state index in [4.69, 9.17) is 9.84 Å². The Morgan fingerprint density at radius 1 is 1.00 bits per heavy atom. The Labute approximate surface area is 164 Å². The van der Waals surface area contributed by atoms with Crippen molar-refractivity contribution in [3.63, 3.8) is 0 Å². The Balaban J connectivity index is 2.12. The number of rotatable bonds is 16. The molecule has 0 atom stereocenters. The van der Waals surface area contributed by atoms with Crippen molar-refractivity contribution < 1.29 is 14.6 Å². The summed E-state index contributed by atoms with van der Waals surface area (Å²) in [7, 11) is 1.66. The van der Waals surface area contributed by atoms with Crippen molar-refractivity contribution in [3.8, 4) is 5.75 Å². The van der Waals surface area contributed by atoms with Crippen molar-refractivity contribution in [2.45, 2.75) is 64.3 Å². The Kier molecular flexibility index (Phi) is 13.7. The largest absolute Gasteiger partial charge is 0.497 e. The lowest BCUT2D eigenvalue weighted by atomic mass is 10.0. The molecular weight excluding hydrogens is 338 g/mol. The highest BCUT2D eigenvalue weighted by atomic mass is 16.5. The van der Waals surface area contributed by atoms with Crippen LogP contribution in [0, 0.1) is 0 Å². The molecule has 2 N–H and O–H groups in total. The third kappa shape index (κ3) is 12.0. The van der Waals surface area contributed by atoms with Gasteiger partial charge in [-0.05, 0) is 54.8 Å². The van der Waals surface area contributed by atoms with Crippen LogP contribution in [-0.4, -0.2) is 25.1 Å². The first kappa shape index (κ1) is 23.0. The van der Waals surface area contributed by atoms with Crippen molar-refractivity contribution in [2.75, 3.05) is 13.7 Å². The molecule has 0 unspecified atom stereocenters. The molecule has 0 saturated heterocycles. The maximum absolute atomic E-state index is 11.2. The summed E-state index contributed by atoms with van der Waals surface area (Å²) >= 11 is 0. The van der Waals surface area contributed by atoms with Crippen LogP contribution in [-0.2, 0) is 11.3 Å². The molecule has 0 fully saturated rings. The molecule has 0 heterocycles. The van der Waals surface area contributed by atoms with Crippen molar-refractivity contribution in [2.24, 2.45) is 0 Å². The van der Waals surface area contributed by atoms with Gasteiger partial charge in [0.05, 0.1) is 7.11 Å². The zero-order valence-corrected chi connectivity index (χ0v) is 16.7. The van der Waals surface area contributed by atoms with E-state index in [9.17, 15) is 4.79 Å². The summed E-state index contributed by atoms with van der Waals surface area (Å²) in [6, 6.07) is 7.94. The summed E-state index contributed by atoms with van der Waals surface area (Å²) in [5, 5.41) is 12.0. The molecule has 1 aromatic rings. The van der Waals surface area contributed by atoms with Gasteiger partial charge in [0.15, 0.2) is 0 Å². The number of ether oxygens (including phenoxy) is 1. The number of carbonyl (C=O) groups is 1. The lowest BCUT2D eigenvalue weighted by Gasteiger charge is -2.03. The molecular formula is C23H35NO3. The van der Waals surface area contributed by atoms with E-state index in [0.717, 1.165) is 49.8 Å². The summed E-state index contributed by atoms with van der Waals surface area (Å²) in [6.07, 6.45) is 16.7. The fourth-order valence-electron chi connectivity index (χ4n) is 2.84. The number of unbranched alkanes of at least 4 members (excludes halogenated alkanes) is 7. The summed E-state index contributed by atoms with van der Waals surface area (Å²) in [4.78, 5) is 11.2. The number of allylic oxidation sites excluding steroid dienone is 3. The zero-order valence-electron chi connectivity index (χ0n) is 16.7. The number of aldehydes is 1. The van der Waals surface area contributed by atoms with Gasteiger partial charge in [0, 0.05) is 13.2 Å². The van der Waals surface area contributed by atoms with Gasteiger partial charge in [-0.25, -0.2) is 0 Å². The van der Waals surface area contributed by atoms with Gasteiger partial charge >= 0.3 is 0 Å². The van der Waals surface area contributed by atoms with E-state index in [1.807, 2.05) is 42.6 Å². The third-order valence-corrected chi connectivity index (χ3v) is 4.51. The van der Waals surface area contributed by atoms with E-state index in [0.29, 0.717) is 6.61 Å². The number of hydrogen-bond acceptors (Lipinski definition) is 4. The second-order valence-corrected chi connectivity index (χ2v) is 6.75. The van der Waals surface area contributed by atoms with E-state index in [-0.39, 0.29) is 0 Å². The van der Waals surface area contributed by atoms with Crippen LogP contribution in [0.25, 0.3) is 0 Å². The summed E-state index contributed by atoms with van der Waals surface area (Å²) in [5.41, 5.74) is 2.02. The van der Waals surface area contributed by atoms with E-state index < -0.39 is 0 Å². The molecule has 27 heavy (non-hydrogen) atoms. The van der Waals surface area contributed by atoms with E-state index in [1.54, 1.807) is 7.11 Å². The minimum atomic E-state index is 0.312. The fraction of sp³-hybridized carbons (Fsp3) is 0.522. The van der Waals surface area contributed by atoms with Crippen LogP contribution in [0.15, 0.2) is 48.2 Å². The molecule has 1 aromatic carbocycles. The van der Waals surface area contributed by atoms with Crippen LogP contribution >= 0.6 is 0 Å². The summed E-state index contributed by atoms with van der Waals surface area (Å²) < 4.78 is 5.14. The van der Waals surface area contributed by atoms with Gasteiger partial charge < -0.3 is 15.2 Å². The van der Waals surface area contributed by atoms with Crippen LogP contribution in [0.3, 0.4) is 0 Å². The average Bonchev–Trinajstić information content (AvgIpc) is 2.71. The van der Waals surface area contributed by atoms with E-state index in [2.05, 4.69) is 5.32 Å². The first-order valence-corrected chi connectivity index (χ1v) is 10.1. The smallest absolute Gasteiger partial charge is 0.146 e. The first-order chi connectivity index (χ1) is 13.3. The molecule has 4 heteroatoms. The van der Waals surface area contributed by atoms with Crippen molar-refractivity contribution in [1.82, 2.24) is 5.32 Å². The van der Waals surface area contributed by atoms with E-state index >= 15 is 0 Å². The van der Waals surface area contributed by atoms with Gasteiger partial charge in [-0.1, -0.05) is 56.7 Å². The van der Waals surface area contributed by atoms with Crippen molar-refractivity contribution in [1.29, 1.82) is 0 Å². The molecule has 1 rings (SSSR count).